The Morgan fingerprint density at radius 3 is 3.19 bits per heavy atom. The fraction of sp³-hybridized carbons (Fsp3) is 0.222. The molecular formula is C9H8N3O3S+. The number of rotatable bonds is 2. The van der Waals surface area contributed by atoms with Gasteiger partial charge in [-0.05, 0) is 6.07 Å². The van der Waals surface area contributed by atoms with E-state index >= 15 is 0 Å². The molecule has 0 unspecified atom stereocenters. The number of hydrogen-bond acceptors (Lipinski definition) is 5. The summed E-state index contributed by atoms with van der Waals surface area (Å²) in [6.07, 6.45) is 0. The molecular weight excluding hydrogens is 230 g/mol. The first-order valence-electron chi connectivity index (χ1n) is 4.75. The maximum absolute atomic E-state index is 10.5. The van der Waals surface area contributed by atoms with Crippen molar-refractivity contribution in [1.82, 2.24) is 0 Å². The van der Waals surface area contributed by atoms with Crippen LogP contribution in [0.5, 0.6) is 0 Å². The van der Waals surface area contributed by atoms with E-state index in [-0.39, 0.29) is 5.88 Å². The lowest BCUT2D eigenvalue weighted by atomic mass is 10.3. The van der Waals surface area contributed by atoms with Crippen molar-refractivity contribution in [2.45, 2.75) is 6.54 Å². The second kappa shape index (κ2) is 3.31. The van der Waals surface area contributed by atoms with E-state index in [1.807, 2.05) is 5.38 Å². The van der Waals surface area contributed by atoms with E-state index in [1.165, 1.54) is 6.07 Å². The largest absolute Gasteiger partial charge is 0.433 e. The van der Waals surface area contributed by atoms with Gasteiger partial charge in [-0.3, -0.25) is 15.4 Å². The monoisotopic (exact) mass is 238 g/mol. The van der Waals surface area contributed by atoms with Gasteiger partial charge in [-0.15, -0.1) is 0 Å². The Morgan fingerprint density at radius 1 is 1.56 bits per heavy atom. The van der Waals surface area contributed by atoms with Gasteiger partial charge in [0.05, 0.1) is 6.07 Å². The van der Waals surface area contributed by atoms with E-state index < -0.39 is 4.92 Å². The number of nitrogens with one attached hydrogen (secondary N) is 1. The van der Waals surface area contributed by atoms with E-state index in [9.17, 15) is 10.1 Å². The predicted octanol–water partition coefficient (Wildman–Crippen LogP) is 1.63. The Kier molecular flexibility index (Phi) is 1.93. The van der Waals surface area contributed by atoms with E-state index in [0.717, 1.165) is 23.9 Å². The van der Waals surface area contributed by atoms with Crippen molar-refractivity contribution in [2.24, 2.45) is 0 Å². The van der Waals surface area contributed by atoms with Crippen molar-refractivity contribution in [1.29, 1.82) is 0 Å². The van der Waals surface area contributed by atoms with Gasteiger partial charge in [0.15, 0.2) is 11.5 Å². The molecule has 0 spiro atoms. The average molecular weight is 238 g/mol. The standard InChI is InChI=1S/C9H7N3O3S/c13-12(14)8-2-1-7(15-8)6-5-16-9-10-3-4-11(6)9/h1-2,5H,3-4H2/p+1. The van der Waals surface area contributed by atoms with Crippen LogP contribution in [0.4, 0.5) is 11.0 Å². The quantitative estimate of drug-likeness (QED) is 0.490. The van der Waals surface area contributed by atoms with Crippen molar-refractivity contribution in [2.75, 3.05) is 11.9 Å². The molecule has 0 atom stereocenters. The molecule has 0 saturated heterocycles. The summed E-state index contributed by atoms with van der Waals surface area (Å²) in [5.74, 6) is 0.319. The van der Waals surface area contributed by atoms with Crippen molar-refractivity contribution < 1.29 is 13.9 Å². The molecule has 3 heterocycles. The van der Waals surface area contributed by atoms with Gasteiger partial charge in [-0.1, -0.05) is 11.3 Å². The van der Waals surface area contributed by atoms with Crippen LogP contribution in [0.25, 0.3) is 11.5 Å². The molecule has 0 amide bonds. The third-order valence-electron chi connectivity index (χ3n) is 2.45. The van der Waals surface area contributed by atoms with Crippen LogP contribution in [0.1, 0.15) is 0 Å². The average Bonchev–Trinajstić information content (AvgIpc) is 2.92. The SMILES string of the molecule is O=[N+]([O-])c1ccc(-c2csc3[n+]2CCN3)o1. The smallest absolute Gasteiger partial charge is 0.397 e. The normalized spacial score (nSPS) is 13.5. The molecule has 2 aromatic rings. The first-order valence-corrected chi connectivity index (χ1v) is 5.63. The van der Waals surface area contributed by atoms with Crippen LogP contribution in [0.3, 0.4) is 0 Å². The fourth-order valence-electron chi connectivity index (χ4n) is 1.74. The molecule has 0 aliphatic carbocycles. The van der Waals surface area contributed by atoms with Crippen LogP contribution >= 0.6 is 11.3 Å². The van der Waals surface area contributed by atoms with E-state index in [4.69, 9.17) is 4.42 Å². The van der Waals surface area contributed by atoms with Crippen molar-refractivity contribution in [3.05, 3.63) is 27.6 Å². The second-order valence-electron chi connectivity index (χ2n) is 3.40. The summed E-state index contributed by atoms with van der Waals surface area (Å²) in [6, 6.07) is 3.01. The second-order valence-corrected chi connectivity index (χ2v) is 4.26. The van der Waals surface area contributed by atoms with Gasteiger partial charge in [0, 0.05) is 5.38 Å². The Morgan fingerprint density at radius 2 is 2.44 bits per heavy atom. The molecule has 1 aliphatic rings. The molecule has 0 bridgehead atoms. The third-order valence-corrected chi connectivity index (χ3v) is 3.38. The summed E-state index contributed by atoms with van der Waals surface area (Å²) in [4.78, 5) is 9.98. The number of nitro groups is 1. The number of hydrogen-bond donors (Lipinski definition) is 1. The Bertz CT molecular complexity index is 560. The molecule has 6 nitrogen and oxygen atoms in total. The molecule has 82 valence electrons. The summed E-state index contributed by atoms with van der Waals surface area (Å²) in [7, 11) is 0. The zero-order valence-electron chi connectivity index (χ0n) is 8.17. The highest BCUT2D eigenvalue weighted by molar-refractivity contribution is 7.13. The lowest BCUT2D eigenvalue weighted by molar-refractivity contribution is -0.656. The maximum Gasteiger partial charge on any atom is 0.433 e. The summed E-state index contributed by atoms with van der Waals surface area (Å²) in [5.41, 5.74) is 0.887. The molecule has 2 aromatic heterocycles. The number of anilines is 1. The Balaban J connectivity index is 2.05. The number of furan rings is 1. The van der Waals surface area contributed by atoms with E-state index in [2.05, 4.69) is 9.88 Å². The van der Waals surface area contributed by atoms with Crippen molar-refractivity contribution in [3.8, 4) is 11.5 Å². The van der Waals surface area contributed by atoms with E-state index in [1.54, 1.807) is 17.4 Å². The van der Waals surface area contributed by atoms with E-state index in [0.29, 0.717) is 5.76 Å². The molecule has 0 fully saturated rings. The van der Waals surface area contributed by atoms with Gasteiger partial charge in [0.25, 0.3) is 0 Å². The van der Waals surface area contributed by atoms with Gasteiger partial charge in [0.1, 0.15) is 18.0 Å². The minimum atomic E-state index is -0.529. The first-order chi connectivity index (χ1) is 7.75. The summed E-state index contributed by atoms with van der Waals surface area (Å²) >= 11 is 1.57. The molecule has 1 N–H and O–H groups in total. The minimum absolute atomic E-state index is 0.221. The molecule has 16 heavy (non-hydrogen) atoms. The topological polar surface area (TPSA) is 72.2 Å². The van der Waals surface area contributed by atoms with Crippen LogP contribution in [0.2, 0.25) is 0 Å². The molecule has 0 saturated carbocycles. The van der Waals surface area contributed by atoms with Crippen LogP contribution in [0, 0.1) is 10.1 Å². The van der Waals surface area contributed by atoms with Gasteiger partial charge in [-0.25, -0.2) is 4.57 Å². The van der Waals surface area contributed by atoms with Crippen LogP contribution in [-0.2, 0) is 6.54 Å². The highest BCUT2D eigenvalue weighted by Crippen LogP contribution is 2.28. The summed E-state index contributed by atoms with van der Waals surface area (Å²) in [6.45, 7) is 1.76. The first kappa shape index (κ1) is 9.34. The number of thiazole rings is 1. The van der Waals surface area contributed by atoms with Gasteiger partial charge >= 0.3 is 11.0 Å². The molecule has 0 radical (unpaired) electrons. The maximum atomic E-state index is 10.5. The highest BCUT2D eigenvalue weighted by atomic mass is 32.1. The zero-order valence-corrected chi connectivity index (χ0v) is 8.99. The predicted molar refractivity (Wildman–Crippen MR) is 57.4 cm³/mol. The lowest BCUT2D eigenvalue weighted by Crippen LogP contribution is -2.30. The Labute approximate surface area is 94.3 Å². The summed E-state index contributed by atoms with van der Waals surface area (Å²) < 4.78 is 7.24. The molecule has 0 aromatic carbocycles. The molecule has 1 aliphatic heterocycles. The fourth-order valence-corrected chi connectivity index (χ4v) is 2.71. The summed E-state index contributed by atoms with van der Waals surface area (Å²) in [5, 5.41) is 16.7. The van der Waals surface area contributed by atoms with Crippen molar-refractivity contribution in [3.63, 3.8) is 0 Å². The van der Waals surface area contributed by atoms with Crippen LogP contribution in [0.15, 0.2) is 21.9 Å². The lowest BCUT2D eigenvalue weighted by Gasteiger charge is -1.92. The van der Waals surface area contributed by atoms with Gasteiger partial charge in [-0.2, -0.15) is 0 Å². The Hall–Kier alpha value is -1.89. The van der Waals surface area contributed by atoms with Gasteiger partial charge < -0.3 is 4.42 Å². The van der Waals surface area contributed by atoms with Crippen molar-refractivity contribution >= 4 is 22.4 Å². The van der Waals surface area contributed by atoms with Crippen LogP contribution < -0.4 is 9.88 Å². The number of nitrogens with zero attached hydrogens (tertiary/aromatic N) is 2. The highest BCUT2D eigenvalue weighted by Gasteiger charge is 2.27. The number of aromatic nitrogens is 1. The zero-order chi connectivity index (χ0) is 11.1. The minimum Gasteiger partial charge on any atom is -0.397 e. The third kappa shape index (κ3) is 1.28. The van der Waals surface area contributed by atoms with Gasteiger partial charge in [0.2, 0.25) is 0 Å². The number of fused-ring (bicyclic) bond motifs is 1. The van der Waals surface area contributed by atoms with Crippen LogP contribution in [-0.4, -0.2) is 11.5 Å². The molecule has 3 rings (SSSR count). The molecule has 7 heteroatoms.